The summed E-state index contributed by atoms with van der Waals surface area (Å²) in [5.41, 5.74) is 0.341. The first-order chi connectivity index (χ1) is 8.58. The van der Waals surface area contributed by atoms with E-state index in [0.29, 0.717) is 24.6 Å². The molecule has 1 fully saturated rings. The maximum absolute atomic E-state index is 12.0. The van der Waals surface area contributed by atoms with E-state index in [2.05, 4.69) is 20.6 Å². The first-order valence-corrected chi connectivity index (χ1v) is 6.10. The molecule has 0 unspecified atom stereocenters. The van der Waals surface area contributed by atoms with Crippen molar-refractivity contribution in [1.82, 2.24) is 20.6 Å². The molecule has 0 radical (unpaired) electrons. The van der Waals surface area contributed by atoms with Crippen molar-refractivity contribution < 1.29 is 9.90 Å². The highest BCUT2D eigenvalue weighted by Gasteiger charge is 2.27. The highest BCUT2D eigenvalue weighted by atomic mass is 16.3. The van der Waals surface area contributed by atoms with Gasteiger partial charge in [0.2, 0.25) is 0 Å². The first-order valence-electron chi connectivity index (χ1n) is 6.10. The lowest BCUT2D eigenvalue weighted by molar-refractivity contribution is 0.0883. The van der Waals surface area contributed by atoms with Gasteiger partial charge in [0.1, 0.15) is 11.5 Å². The van der Waals surface area contributed by atoms with Gasteiger partial charge in [0.15, 0.2) is 0 Å². The summed E-state index contributed by atoms with van der Waals surface area (Å²) in [6.45, 7) is 5.03. The molecule has 0 aliphatic carbocycles. The van der Waals surface area contributed by atoms with E-state index >= 15 is 0 Å². The zero-order chi connectivity index (χ0) is 13.1. The summed E-state index contributed by atoms with van der Waals surface area (Å²) >= 11 is 0. The molecule has 1 aliphatic rings. The lowest BCUT2D eigenvalue weighted by Crippen LogP contribution is -2.43. The van der Waals surface area contributed by atoms with Gasteiger partial charge in [-0.25, -0.2) is 9.97 Å². The first kappa shape index (κ1) is 12.9. The van der Waals surface area contributed by atoms with Gasteiger partial charge < -0.3 is 15.7 Å². The fraction of sp³-hybridized carbons (Fsp3) is 0.583. The van der Waals surface area contributed by atoms with Crippen LogP contribution in [0.1, 0.15) is 36.1 Å². The Hall–Kier alpha value is -1.53. The Morgan fingerprint density at radius 2 is 2.33 bits per heavy atom. The molecule has 1 amide bonds. The highest BCUT2D eigenvalue weighted by molar-refractivity contribution is 5.92. The predicted molar refractivity (Wildman–Crippen MR) is 66.3 cm³/mol. The van der Waals surface area contributed by atoms with Crippen LogP contribution in [0.25, 0.3) is 0 Å². The minimum Gasteiger partial charge on any atom is -0.390 e. The van der Waals surface area contributed by atoms with Crippen molar-refractivity contribution in [3.63, 3.8) is 0 Å². The molecular weight excluding hydrogens is 232 g/mol. The zero-order valence-electron chi connectivity index (χ0n) is 10.6. The summed E-state index contributed by atoms with van der Waals surface area (Å²) in [5.74, 6) is 0.552. The Kier molecular flexibility index (Phi) is 3.88. The Balaban J connectivity index is 2.06. The number of carbonyl (C=O) groups excluding carboxylic acids is 1. The number of aliphatic hydroxyl groups is 1. The SMILES string of the molecule is CC(C)c1nccc(C(=O)N[C@@H]2CNC[C@H]2O)n1. The quantitative estimate of drug-likeness (QED) is 0.683. The number of carbonyl (C=O) groups is 1. The lowest BCUT2D eigenvalue weighted by Gasteiger charge is -2.15. The van der Waals surface area contributed by atoms with E-state index in [1.807, 2.05) is 13.8 Å². The van der Waals surface area contributed by atoms with Crippen LogP contribution < -0.4 is 10.6 Å². The minimum atomic E-state index is -0.541. The number of aromatic nitrogens is 2. The molecule has 98 valence electrons. The molecule has 6 heteroatoms. The van der Waals surface area contributed by atoms with Crippen molar-refractivity contribution in [3.8, 4) is 0 Å². The van der Waals surface area contributed by atoms with Crippen molar-refractivity contribution in [2.24, 2.45) is 0 Å². The van der Waals surface area contributed by atoms with Crippen LogP contribution in [0.15, 0.2) is 12.3 Å². The van der Waals surface area contributed by atoms with E-state index in [0.717, 1.165) is 0 Å². The molecule has 0 aromatic carbocycles. The fourth-order valence-electron chi connectivity index (χ4n) is 1.83. The van der Waals surface area contributed by atoms with Crippen LogP contribution in [0.5, 0.6) is 0 Å². The molecule has 18 heavy (non-hydrogen) atoms. The number of aliphatic hydroxyl groups excluding tert-OH is 1. The van der Waals surface area contributed by atoms with Crippen LogP contribution in [-0.4, -0.2) is 46.2 Å². The van der Waals surface area contributed by atoms with Crippen molar-refractivity contribution in [3.05, 3.63) is 23.8 Å². The molecule has 1 aliphatic heterocycles. The second kappa shape index (κ2) is 5.41. The smallest absolute Gasteiger partial charge is 0.270 e. The van der Waals surface area contributed by atoms with Gasteiger partial charge in [-0.05, 0) is 6.07 Å². The average molecular weight is 250 g/mol. The third-order valence-electron chi connectivity index (χ3n) is 2.92. The monoisotopic (exact) mass is 250 g/mol. The number of hydrogen-bond donors (Lipinski definition) is 3. The Morgan fingerprint density at radius 3 is 2.94 bits per heavy atom. The molecule has 1 aromatic rings. The van der Waals surface area contributed by atoms with E-state index in [4.69, 9.17) is 0 Å². The summed E-state index contributed by atoms with van der Waals surface area (Å²) in [6.07, 6.45) is 1.04. The summed E-state index contributed by atoms with van der Waals surface area (Å²) in [7, 11) is 0. The number of rotatable bonds is 3. The molecule has 2 atom stereocenters. The molecule has 0 bridgehead atoms. The van der Waals surface area contributed by atoms with E-state index in [1.165, 1.54) is 0 Å². The van der Waals surface area contributed by atoms with Crippen LogP contribution in [0, 0.1) is 0 Å². The molecule has 6 nitrogen and oxygen atoms in total. The normalized spacial score (nSPS) is 23.3. The van der Waals surface area contributed by atoms with Crippen LogP contribution in [0.4, 0.5) is 0 Å². The zero-order valence-corrected chi connectivity index (χ0v) is 10.6. The number of nitrogens with one attached hydrogen (secondary N) is 2. The molecule has 0 saturated carbocycles. The summed E-state index contributed by atoms with van der Waals surface area (Å²) in [4.78, 5) is 20.3. The van der Waals surface area contributed by atoms with Gasteiger partial charge in [-0.1, -0.05) is 13.8 Å². The van der Waals surface area contributed by atoms with Crippen molar-refractivity contribution in [1.29, 1.82) is 0 Å². The Bertz CT molecular complexity index is 436. The second-order valence-electron chi connectivity index (χ2n) is 4.76. The van der Waals surface area contributed by atoms with Gasteiger partial charge in [-0.3, -0.25) is 4.79 Å². The van der Waals surface area contributed by atoms with Crippen LogP contribution in [-0.2, 0) is 0 Å². The number of nitrogens with zero attached hydrogens (tertiary/aromatic N) is 2. The van der Waals surface area contributed by atoms with E-state index in [-0.39, 0.29) is 17.9 Å². The van der Waals surface area contributed by atoms with E-state index in [9.17, 15) is 9.90 Å². The largest absolute Gasteiger partial charge is 0.390 e. The molecule has 1 saturated heterocycles. The molecular formula is C12H18N4O2. The number of hydrogen-bond acceptors (Lipinski definition) is 5. The van der Waals surface area contributed by atoms with Crippen LogP contribution >= 0.6 is 0 Å². The van der Waals surface area contributed by atoms with Gasteiger partial charge in [0.25, 0.3) is 5.91 Å². The summed E-state index contributed by atoms with van der Waals surface area (Å²) < 4.78 is 0. The molecule has 1 aromatic heterocycles. The van der Waals surface area contributed by atoms with Gasteiger partial charge in [0, 0.05) is 25.2 Å². The fourth-order valence-corrected chi connectivity index (χ4v) is 1.83. The maximum Gasteiger partial charge on any atom is 0.270 e. The van der Waals surface area contributed by atoms with E-state index < -0.39 is 6.10 Å². The van der Waals surface area contributed by atoms with Crippen molar-refractivity contribution in [2.45, 2.75) is 31.9 Å². The predicted octanol–water partition coefficient (Wildman–Crippen LogP) is -0.338. The van der Waals surface area contributed by atoms with Crippen LogP contribution in [0.2, 0.25) is 0 Å². The topological polar surface area (TPSA) is 87.1 Å². The van der Waals surface area contributed by atoms with Gasteiger partial charge in [-0.2, -0.15) is 0 Å². The summed E-state index contributed by atoms with van der Waals surface area (Å²) in [5, 5.41) is 15.4. The molecule has 0 spiro atoms. The number of β-amino-alcohol motifs (C(OH)–C–C–N with tert-alkyl or cyclic N) is 1. The van der Waals surface area contributed by atoms with Gasteiger partial charge in [-0.15, -0.1) is 0 Å². The van der Waals surface area contributed by atoms with Crippen LogP contribution in [0.3, 0.4) is 0 Å². The Labute approximate surface area is 106 Å². The average Bonchev–Trinajstić information content (AvgIpc) is 2.75. The van der Waals surface area contributed by atoms with Crippen molar-refractivity contribution in [2.75, 3.05) is 13.1 Å². The molecule has 2 rings (SSSR count). The third kappa shape index (κ3) is 2.83. The van der Waals surface area contributed by atoms with E-state index in [1.54, 1.807) is 12.3 Å². The third-order valence-corrected chi connectivity index (χ3v) is 2.92. The standard InChI is InChI=1S/C12H18N4O2/c1-7(2)11-14-4-3-8(15-11)12(18)16-9-5-13-6-10(9)17/h3-4,7,9-10,13,17H,5-6H2,1-2H3,(H,16,18)/t9-,10-/m1/s1. The molecule has 2 heterocycles. The lowest BCUT2D eigenvalue weighted by atomic mass is 10.2. The second-order valence-corrected chi connectivity index (χ2v) is 4.76. The number of amides is 1. The van der Waals surface area contributed by atoms with Gasteiger partial charge in [0.05, 0.1) is 12.1 Å². The molecule has 3 N–H and O–H groups in total. The maximum atomic E-state index is 12.0. The Morgan fingerprint density at radius 1 is 1.56 bits per heavy atom. The van der Waals surface area contributed by atoms with Crippen molar-refractivity contribution >= 4 is 5.91 Å². The highest BCUT2D eigenvalue weighted by Crippen LogP contribution is 2.08. The minimum absolute atomic E-state index is 0.177. The van der Waals surface area contributed by atoms with Gasteiger partial charge >= 0.3 is 0 Å². The summed E-state index contributed by atoms with van der Waals surface area (Å²) in [6, 6.07) is 1.32.